The van der Waals surface area contributed by atoms with Crippen LogP contribution in [0.5, 0.6) is 0 Å². The van der Waals surface area contributed by atoms with Gasteiger partial charge in [0, 0.05) is 18.8 Å². The molecule has 96 valence electrons. The standard InChI is InChI=1S/C8H18N2O5S/c1-8(2,9(11)12)7-10(3,4)5-6-16(13,14)15/h5-7H2,1-4H3/p+1. The summed E-state index contributed by atoms with van der Waals surface area (Å²) in [6.07, 6.45) is 0. The molecule has 0 unspecified atom stereocenters. The molecule has 0 atom stereocenters. The molecule has 0 aromatic heterocycles. The summed E-state index contributed by atoms with van der Waals surface area (Å²) in [6.45, 7) is 3.30. The first-order valence-corrected chi connectivity index (χ1v) is 6.38. The van der Waals surface area contributed by atoms with Crippen LogP contribution in [0.15, 0.2) is 0 Å². The molecule has 1 N–H and O–H groups in total. The van der Waals surface area contributed by atoms with Crippen molar-refractivity contribution in [2.75, 3.05) is 32.9 Å². The maximum Gasteiger partial charge on any atom is 0.270 e. The molecular formula is C8H19N2O5S+. The maximum atomic E-state index is 10.7. The van der Waals surface area contributed by atoms with E-state index in [-0.39, 0.29) is 22.5 Å². The van der Waals surface area contributed by atoms with Crippen LogP contribution in [-0.2, 0) is 10.1 Å². The van der Waals surface area contributed by atoms with Crippen LogP contribution in [-0.4, -0.2) is 60.9 Å². The van der Waals surface area contributed by atoms with Crippen LogP contribution in [0.1, 0.15) is 13.8 Å². The van der Waals surface area contributed by atoms with Crippen molar-refractivity contribution in [3.63, 3.8) is 0 Å². The van der Waals surface area contributed by atoms with Gasteiger partial charge in [-0.25, -0.2) is 0 Å². The summed E-state index contributed by atoms with van der Waals surface area (Å²) in [5.41, 5.74) is -1.12. The molecule has 0 saturated heterocycles. The number of hydrogen-bond acceptors (Lipinski definition) is 4. The van der Waals surface area contributed by atoms with Crippen molar-refractivity contribution in [2.24, 2.45) is 0 Å². The molecule has 0 heterocycles. The molecule has 0 aliphatic heterocycles. The van der Waals surface area contributed by atoms with Crippen LogP contribution in [0.4, 0.5) is 0 Å². The molecule has 0 rings (SSSR count). The fourth-order valence-corrected chi connectivity index (χ4v) is 2.27. The molecule has 0 radical (unpaired) electrons. The molecule has 0 fully saturated rings. The lowest BCUT2D eigenvalue weighted by molar-refractivity contribution is -0.904. The summed E-state index contributed by atoms with van der Waals surface area (Å²) in [5, 5.41) is 10.7. The van der Waals surface area contributed by atoms with Crippen LogP contribution in [0.2, 0.25) is 0 Å². The van der Waals surface area contributed by atoms with E-state index in [2.05, 4.69) is 0 Å². The smallest absolute Gasteiger partial charge is 0.270 e. The monoisotopic (exact) mass is 255 g/mol. The topological polar surface area (TPSA) is 97.5 Å². The van der Waals surface area contributed by atoms with Crippen molar-refractivity contribution >= 4 is 10.1 Å². The zero-order valence-electron chi connectivity index (χ0n) is 10.0. The van der Waals surface area contributed by atoms with E-state index in [9.17, 15) is 18.5 Å². The molecule has 0 aromatic carbocycles. The van der Waals surface area contributed by atoms with Gasteiger partial charge in [0.15, 0.2) is 0 Å². The first kappa shape index (κ1) is 15.3. The van der Waals surface area contributed by atoms with Crippen LogP contribution in [0, 0.1) is 10.1 Å². The van der Waals surface area contributed by atoms with Gasteiger partial charge >= 0.3 is 0 Å². The predicted octanol–water partition coefficient (Wildman–Crippen LogP) is 0.00590. The summed E-state index contributed by atoms with van der Waals surface area (Å²) in [7, 11) is -0.637. The van der Waals surface area contributed by atoms with Gasteiger partial charge in [0.1, 0.15) is 12.3 Å². The molecule has 0 aromatic rings. The van der Waals surface area contributed by atoms with Crippen molar-refractivity contribution in [3.05, 3.63) is 10.1 Å². The van der Waals surface area contributed by atoms with E-state index >= 15 is 0 Å². The van der Waals surface area contributed by atoms with Crippen molar-refractivity contribution in [2.45, 2.75) is 19.4 Å². The molecule has 0 amide bonds. The highest BCUT2D eigenvalue weighted by Gasteiger charge is 2.39. The number of nitrogens with zero attached hydrogens (tertiary/aromatic N) is 2. The van der Waals surface area contributed by atoms with Gasteiger partial charge in [-0.05, 0) is 0 Å². The largest absolute Gasteiger partial charge is 0.322 e. The average molecular weight is 255 g/mol. The fourth-order valence-electron chi connectivity index (χ4n) is 1.55. The van der Waals surface area contributed by atoms with Gasteiger partial charge < -0.3 is 4.48 Å². The summed E-state index contributed by atoms with van der Waals surface area (Å²) < 4.78 is 30.0. The number of likely N-dealkylation sites (N-methyl/N-ethyl adjacent to an activating group) is 1. The first-order valence-electron chi connectivity index (χ1n) is 4.77. The number of hydrogen-bond donors (Lipinski definition) is 1. The van der Waals surface area contributed by atoms with Gasteiger partial charge in [0.05, 0.1) is 20.6 Å². The summed E-state index contributed by atoms with van der Waals surface area (Å²) in [5.74, 6) is -0.395. The van der Waals surface area contributed by atoms with E-state index in [0.29, 0.717) is 0 Å². The minimum Gasteiger partial charge on any atom is -0.322 e. The second kappa shape index (κ2) is 4.64. The Labute approximate surface area is 95.5 Å². The van der Waals surface area contributed by atoms with Gasteiger partial charge in [-0.2, -0.15) is 8.42 Å². The molecule has 0 aliphatic carbocycles. The Hall–Kier alpha value is -0.730. The minimum absolute atomic E-state index is 0.135. The number of rotatable bonds is 6. The lowest BCUT2D eigenvalue weighted by Gasteiger charge is -2.32. The zero-order chi connectivity index (χ0) is 13.2. The highest BCUT2D eigenvalue weighted by atomic mass is 32.2. The average Bonchev–Trinajstić information content (AvgIpc) is 1.97. The fraction of sp³-hybridized carbons (Fsp3) is 1.00. The summed E-state index contributed by atoms with van der Waals surface area (Å²) >= 11 is 0. The summed E-state index contributed by atoms with van der Waals surface area (Å²) in [4.78, 5) is 10.3. The predicted molar refractivity (Wildman–Crippen MR) is 59.3 cm³/mol. The molecule has 0 saturated carbocycles. The Balaban J connectivity index is 4.52. The van der Waals surface area contributed by atoms with Crippen molar-refractivity contribution in [1.29, 1.82) is 0 Å². The van der Waals surface area contributed by atoms with E-state index in [0.717, 1.165) is 0 Å². The summed E-state index contributed by atoms with van der Waals surface area (Å²) in [6, 6.07) is 0. The SMILES string of the molecule is CC(C)(C[N+](C)(C)CCS(=O)(=O)O)[N+](=O)[O-]. The Kier molecular flexibility index (Phi) is 4.43. The van der Waals surface area contributed by atoms with E-state index in [1.54, 1.807) is 14.1 Å². The van der Waals surface area contributed by atoms with Crippen LogP contribution >= 0.6 is 0 Å². The normalized spacial score (nSPS) is 13.8. The third-order valence-corrected chi connectivity index (χ3v) is 2.96. The molecule has 0 spiro atoms. The Morgan fingerprint density at radius 3 is 2.12 bits per heavy atom. The van der Waals surface area contributed by atoms with E-state index in [1.807, 2.05) is 0 Å². The van der Waals surface area contributed by atoms with Gasteiger partial charge in [0.25, 0.3) is 15.7 Å². The first-order chi connectivity index (χ1) is 6.86. The van der Waals surface area contributed by atoms with Gasteiger partial charge in [-0.15, -0.1) is 0 Å². The quantitative estimate of drug-likeness (QED) is 0.312. The molecular weight excluding hydrogens is 236 g/mol. The molecule has 16 heavy (non-hydrogen) atoms. The highest BCUT2D eigenvalue weighted by molar-refractivity contribution is 7.85. The molecule has 0 aliphatic rings. The van der Waals surface area contributed by atoms with Crippen molar-refractivity contribution in [1.82, 2.24) is 0 Å². The lowest BCUT2D eigenvalue weighted by Crippen LogP contribution is -2.54. The van der Waals surface area contributed by atoms with Gasteiger partial charge in [-0.1, -0.05) is 0 Å². The lowest BCUT2D eigenvalue weighted by atomic mass is 10.1. The third-order valence-electron chi connectivity index (χ3n) is 2.26. The molecule has 0 bridgehead atoms. The van der Waals surface area contributed by atoms with Crippen molar-refractivity contribution in [3.8, 4) is 0 Å². The minimum atomic E-state index is -4.02. The number of nitro groups is 1. The third kappa shape index (κ3) is 5.99. The Morgan fingerprint density at radius 1 is 1.38 bits per heavy atom. The van der Waals surface area contributed by atoms with Crippen LogP contribution in [0.3, 0.4) is 0 Å². The van der Waals surface area contributed by atoms with E-state index in [1.165, 1.54) is 13.8 Å². The zero-order valence-corrected chi connectivity index (χ0v) is 10.8. The number of quaternary nitrogens is 1. The second-order valence-electron chi connectivity index (χ2n) is 5.17. The molecule has 8 heteroatoms. The van der Waals surface area contributed by atoms with E-state index < -0.39 is 21.4 Å². The van der Waals surface area contributed by atoms with Crippen LogP contribution < -0.4 is 0 Å². The van der Waals surface area contributed by atoms with Crippen molar-refractivity contribution < 1.29 is 22.4 Å². The Bertz CT molecular complexity index is 361. The maximum absolute atomic E-state index is 10.7. The Morgan fingerprint density at radius 2 is 1.81 bits per heavy atom. The van der Waals surface area contributed by atoms with Crippen LogP contribution in [0.25, 0.3) is 0 Å². The second-order valence-corrected chi connectivity index (χ2v) is 6.75. The van der Waals surface area contributed by atoms with Gasteiger partial charge in [0.2, 0.25) is 0 Å². The van der Waals surface area contributed by atoms with E-state index in [4.69, 9.17) is 4.55 Å². The van der Waals surface area contributed by atoms with Gasteiger partial charge in [-0.3, -0.25) is 14.7 Å². The highest BCUT2D eigenvalue weighted by Crippen LogP contribution is 2.13. The molecule has 7 nitrogen and oxygen atoms in total.